The fourth-order valence-corrected chi connectivity index (χ4v) is 3.65. The molecule has 1 spiro atoms. The van der Waals surface area contributed by atoms with Gasteiger partial charge in [-0.15, -0.1) is 0 Å². The first-order valence-electron chi connectivity index (χ1n) is 7.87. The van der Waals surface area contributed by atoms with Crippen molar-refractivity contribution in [2.45, 2.75) is 51.2 Å². The summed E-state index contributed by atoms with van der Waals surface area (Å²) in [7, 11) is 0. The largest absolute Gasteiger partial charge is 0.321 e. The van der Waals surface area contributed by atoms with E-state index in [2.05, 4.69) is 19.2 Å². The van der Waals surface area contributed by atoms with E-state index in [-0.39, 0.29) is 17.9 Å². The van der Waals surface area contributed by atoms with Crippen LogP contribution in [0.3, 0.4) is 0 Å². The van der Waals surface area contributed by atoms with Gasteiger partial charge in [-0.05, 0) is 24.8 Å². The Morgan fingerprint density at radius 2 is 2.00 bits per heavy atom. The molecule has 1 saturated heterocycles. The second-order valence-corrected chi connectivity index (χ2v) is 6.71. The summed E-state index contributed by atoms with van der Waals surface area (Å²) in [6.07, 6.45) is 3.53. The molecule has 2 aliphatic rings. The van der Waals surface area contributed by atoms with E-state index in [1.807, 2.05) is 11.0 Å². The average Bonchev–Trinajstić information content (AvgIpc) is 3.01. The maximum atomic E-state index is 14.2. The minimum absolute atomic E-state index is 0.155. The smallest absolute Gasteiger partial charge is 0.244 e. The third kappa shape index (κ3) is 2.46. The van der Waals surface area contributed by atoms with E-state index in [9.17, 15) is 9.18 Å². The molecule has 1 saturated carbocycles. The highest BCUT2D eigenvalue weighted by Gasteiger charge is 2.52. The van der Waals surface area contributed by atoms with E-state index >= 15 is 0 Å². The number of nitrogens with zero attached hydrogens (tertiary/aromatic N) is 1. The molecule has 3 nitrogen and oxygen atoms in total. The Morgan fingerprint density at radius 3 is 2.62 bits per heavy atom. The van der Waals surface area contributed by atoms with Gasteiger partial charge < -0.3 is 4.90 Å². The molecule has 1 N–H and O–H groups in total. The molecule has 1 heterocycles. The van der Waals surface area contributed by atoms with Crippen molar-refractivity contribution in [3.63, 3.8) is 0 Å². The van der Waals surface area contributed by atoms with Gasteiger partial charge in [0.2, 0.25) is 5.91 Å². The Kier molecular flexibility index (Phi) is 3.74. The van der Waals surface area contributed by atoms with E-state index < -0.39 is 5.54 Å². The zero-order valence-corrected chi connectivity index (χ0v) is 12.7. The standard InChI is InChI=1S/C17H23FN2O/c1-12(2)11-20-15(13-7-3-4-8-14(13)18)19-17(16(20)21)9-5-6-10-17/h3-4,7-8,12,15,19H,5-6,9-11H2,1-2H3. The molecule has 3 rings (SSSR count). The van der Waals surface area contributed by atoms with Crippen LogP contribution in [0.1, 0.15) is 51.3 Å². The van der Waals surface area contributed by atoms with Gasteiger partial charge in [0.05, 0.1) is 5.54 Å². The predicted octanol–water partition coefficient (Wildman–Crippen LogP) is 3.22. The number of amides is 1. The lowest BCUT2D eigenvalue weighted by Crippen LogP contribution is -2.44. The molecule has 1 unspecified atom stereocenters. The van der Waals surface area contributed by atoms with E-state index in [0.717, 1.165) is 25.7 Å². The first kappa shape index (κ1) is 14.5. The second kappa shape index (κ2) is 5.41. The highest BCUT2D eigenvalue weighted by atomic mass is 19.1. The number of hydrogen-bond donors (Lipinski definition) is 1. The summed E-state index contributed by atoms with van der Waals surface area (Å²) in [5, 5.41) is 3.47. The van der Waals surface area contributed by atoms with Crippen LogP contribution in [-0.2, 0) is 4.79 Å². The number of carbonyl (C=O) groups is 1. The number of carbonyl (C=O) groups excluding carboxylic acids is 1. The van der Waals surface area contributed by atoms with E-state index in [4.69, 9.17) is 0 Å². The quantitative estimate of drug-likeness (QED) is 0.927. The molecule has 0 aromatic heterocycles. The summed E-state index contributed by atoms with van der Waals surface area (Å²) >= 11 is 0. The molecular formula is C17H23FN2O. The maximum absolute atomic E-state index is 14.2. The van der Waals surface area contributed by atoms with Gasteiger partial charge >= 0.3 is 0 Å². The van der Waals surface area contributed by atoms with Crippen molar-refractivity contribution in [3.8, 4) is 0 Å². The van der Waals surface area contributed by atoms with Crippen LogP contribution in [0.15, 0.2) is 24.3 Å². The summed E-state index contributed by atoms with van der Waals surface area (Å²) < 4.78 is 14.2. The molecule has 0 radical (unpaired) electrons. The van der Waals surface area contributed by atoms with Crippen molar-refractivity contribution in [2.24, 2.45) is 5.92 Å². The molecule has 1 atom stereocenters. The number of halogens is 1. The van der Waals surface area contributed by atoms with Crippen molar-refractivity contribution < 1.29 is 9.18 Å². The van der Waals surface area contributed by atoms with Gasteiger partial charge in [-0.3, -0.25) is 10.1 Å². The molecule has 21 heavy (non-hydrogen) atoms. The molecule has 1 amide bonds. The molecule has 114 valence electrons. The summed E-state index contributed by atoms with van der Waals surface area (Å²) in [6.45, 7) is 4.84. The van der Waals surface area contributed by atoms with Gasteiger partial charge in [-0.1, -0.05) is 44.9 Å². The normalized spacial score (nSPS) is 24.5. The number of rotatable bonds is 3. The molecule has 1 aliphatic heterocycles. The van der Waals surface area contributed by atoms with E-state index in [1.54, 1.807) is 12.1 Å². The molecule has 0 bridgehead atoms. The minimum atomic E-state index is -0.457. The van der Waals surface area contributed by atoms with Crippen LogP contribution in [0.4, 0.5) is 4.39 Å². The summed E-state index contributed by atoms with van der Waals surface area (Å²) in [5.74, 6) is 0.273. The summed E-state index contributed by atoms with van der Waals surface area (Å²) in [5.41, 5.74) is 0.122. The minimum Gasteiger partial charge on any atom is -0.321 e. The fourth-order valence-electron chi connectivity index (χ4n) is 3.65. The van der Waals surface area contributed by atoms with Gasteiger partial charge in [0.25, 0.3) is 0 Å². The topological polar surface area (TPSA) is 32.3 Å². The van der Waals surface area contributed by atoms with Crippen molar-refractivity contribution in [3.05, 3.63) is 35.6 Å². The van der Waals surface area contributed by atoms with Gasteiger partial charge in [0.15, 0.2) is 0 Å². The van der Waals surface area contributed by atoms with Crippen molar-refractivity contribution in [1.29, 1.82) is 0 Å². The highest BCUT2D eigenvalue weighted by molar-refractivity contribution is 5.89. The van der Waals surface area contributed by atoms with Crippen LogP contribution in [-0.4, -0.2) is 22.9 Å². The van der Waals surface area contributed by atoms with Gasteiger partial charge in [-0.2, -0.15) is 0 Å². The highest BCUT2D eigenvalue weighted by Crippen LogP contribution is 2.41. The molecule has 2 fully saturated rings. The van der Waals surface area contributed by atoms with Crippen LogP contribution in [0.25, 0.3) is 0 Å². The summed E-state index contributed by atoms with van der Waals surface area (Å²) in [4.78, 5) is 14.7. The van der Waals surface area contributed by atoms with E-state index in [1.165, 1.54) is 6.07 Å². The van der Waals surface area contributed by atoms with Crippen molar-refractivity contribution in [1.82, 2.24) is 10.2 Å². The van der Waals surface area contributed by atoms with Crippen LogP contribution in [0.2, 0.25) is 0 Å². The van der Waals surface area contributed by atoms with Crippen LogP contribution >= 0.6 is 0 Å². The van der Waals surface area contributed by atoms with Gasteiger partial charge in [-0.25, -0.2) is 4.39 Å². The van der Waals surface area contributed by atoms with Gasteiger partial charge in [0.1, 0.15) is 12.0 Å². The third-order valence-corrected chi connectivity index (χ3v) is 4.61. The molecule has 4 heteroatoms. The Labute approximate surface area is 125 Å². The summed E-state index contributed by atoms with van der Waals surface area (Å²) in [6, 6.07) is 6.77. The van der Waals surface area contributed by atoms with Crippen LogP contribution < -0.4 is 5.32 Å². The van der Waals surface area contributed by atoms with E-state index in [0.29, 0.717) is 18.0 Å². The van der Waals surface area contributed by atoms with Crippen LogP contribution in [0, 0.1) is 11.7 Å². The lowest BCUT2D eigenvalue weighted by Gasteiger charge is -2.26. The lowest BCUT2D eigenvalue weighted by molar-refractivity contribution is -0.133. The average molecular weight is 290 g/mol. The zero-order valence-electron chi connectivity index (χ0n) is 12.7. The Bertz CT molecular complexity index is 537. The zero-order chi connectivity index (χ0) is 15.0. The predicted molar refractivity (Wildman–Crippen MR) is 80.0 cm³/mol. The Morgan fingerprint density at radius 1 is 1.33 bits per heavy atom. The first-order chi connectivity index (χ1) is 10.0. The molecular weight excluding hydrogens is 267 g/mol. The molecule has 1 aliphatic carbocycles. The molecule has 1 aromatic carbocycles. The van der Waals surface area contributed by atoms with Crippen molar-refractivity contribution >= 4 is 5.91 Å². The fraction of sp³-hybridized carbons (Fsp3) is 0.588. The Hall–Kier alpha value is -1.42. The number of benzene rings is 1. The number of hydrogen-bond acceptors (Lipinski definition) is 2. The maximum Gasteiger partial charge on any atom is 0.244 e. The first-order valence-corrected chi connectivity index (χ1v) is 7.87. The number of nitrogens with one attached hydrogen (secondary N) is 1. The van der Waals surface area contributed by atoms with Crippen molar-refractivity contribution in [2.75, 3.05) is 6.54 Å². The Balaban J connectivity index is 1.97. The second-order valence-electron chi connectivity index (χ2n) is 6.71. The lowest BCUT2D eigenvalue weighted by atomic mass is 9.98. The molecule has 1 aromatic rings. The van der Waals surface area contributed by atoms with Crippen LogP contribution in [0.5, 0.6) is 0 Å². The SMILES string of the molecule is CC(C)CN1C(=O)C2(CCCC2)NC1c1ccccc1F. The monoisotopic (exact) mass is 290 g/mol. The van der Waals surface area contributed by atoms with Gasteiger partial charge in [0, 0.05) is 12.1 Å². The third-order valence-electron chi connectivity index (χ3n) is 4.61.